The number of para-hydroxylation sites is 1. The van der Waals surface area contributed by atoms with E-state index in [0.29, 0.717) is 0 Å². The van der Waals surface area contributed by atoms with Crippen LogP contribution in [0, 0.1) is 0 Å². The minimum absolute atomic E-state index is 0.567. The summed E-state index contributed by atoms with van der Waals surface area (Å²) < 4.78 is 12.9. The Morgan fingerprint density at radius 3 is 1.86 bits per heavy atom. The molecule has 272 valence electrons. The van der Waals surface area contributed by atoms with Gasteiger partial charge in [-0.25, -0.2) is 0 Å². The number of hydrogen-bond donors (Lipinski definition) is 0. The molecule has 0 amide bonds. The third-order valence-electron chi connectivity index (χ3n) is 13.4. The lowest BCUT2D eigenvalue weighted by molar-refractivity contribution is 0.487. The Labute approximate surface area is 340 Å². The summed E-state index contributed by atoms with van der Waals surface area (Å²) >= 11 is 0. The molecule has 0 atom stereocenters. The van der Waals surface area contributed by atoms with E-state index in [4.69, 9.17) is 9.15 Å². The van der Waals surface area contributed by atoms with Crippen LogP contribution in [0.25, 0.3) is 99.1 Å². The molecule has 1 spiro atoms. The summed E-state index contributed by atoms with van der Waals surface area (Å²) in [5, 5.41) is 7.13. The number of furan rings is 1. The van der Waals surface area contributed by atoms with Gasteiger partial charge in [0.15, 0.2) is 0 Å². The Morgan fingerprint density at radius 2 is 1.00 bits per heavy atom. The Balaban J connectivity index is 1.08. The van der Waals surface area contributed by atoms with Crippen LogP contribution < -0.4 is 4.74 Å². The minimum Gasteiger partial charge on any atom is -0.456 e. The molecule has 2 aliphatic carbocycles. The maximum absolute atomic E-state index is 6.55. The Hall–Kier alpha value is -7.68. The van der Waals surface area contributed by atoms with E-state index in [2.05, 4.69) is 188 Å². The van der Waals surface area contributed by atoms with E-state index in [9.17, 15) is 0 Å². The SMILES string of the molecule is c1ccc2c(c1)-c1ccccc1C21c2cc(-c3ccc4c(c3)-c3cccc5cccc(c35)O4)ccc2-c2c1c(-c1ccc3oc4ccccc4c3c1)cc1ccccc21. The molecule has 3 aliphatic rings. The van der Waals surface area contributed by atoms with Gasteiger partial charge in [-0.1, -0.05) is 146 Å². The molecule has 59 heavy (non-hydrogen) atoms. The third-order valence-corrected chi connectivity index (χ3v) is 13.4. The van der Waals surface area contributed by atoms with E-state index >= 15 is 0 Å². The van der Waals surface area contributed by atoms with Crippen molar-refractivity contribution in [3.05, 3.63) is 216 Å². The highest BCUT2D eigenvalue weighted by Crippen LogP contribution is 2.66. The monoisotopic (exact) mass is 748 g/mol. The van der Waals surface area contributed by atoms with Crippen LogP contribution >= 0.6 is 0 Å². The average Bonchev–Trinajstić information content (AvgIpc) is 3.93. The van der Waals surface area contributed by atoms with Gasteiger partial charge in [-0.3, -0.25) is 0 Å². The molecule has 2 heterocycles. The summed E-state index contributed by atoms with van der Waals surface area (Å²) in [6, 6.07) is 71.6. The standard InChI is InChI=1S/C57H32O2/c1-2-14-38-36(11-1)30-44(37-25-28-51-45(31-37)41-17-5-8-21-50(41)58-51)56-55(38)43-26-23-35(32-49(43)57(56)47-19-6-3-15-39(47)40-16-4-7-20-48(40)57)34-24-27-52-46(29-34)42-18-9-12-33-13-10-22-53(59-52)54(33)42/h1-32H. The van der Waals surface area contributed by atoms with Crippen LogP contribution in [0.1, 0.15) is 22.3 Å². The molecule has 2 heteroatoms. The van der Waals surface area contributed by atoms with Crippen LogP contribution in [-0.2, 0) is 5.41 Å². The zero-order valence-corrected chi connectivity index (χ0v) is 31.8. The van der Waals surface area contributed by atoms with Gasteiger partial charge in [-0.15, -0.1) is 0 Å². The molecule has 11 aromatic rings. The first-order chi connectivity index (χ1) is 29.2. The summed E-state index contributed by atoms with van der Waals surface area (Å²) in [4.78, 5) is 0. The molecule has 2 nitrogen and oxygen atoms in total. The molecule has 0 saturated heterocycles. The fraction of sp³-hybridized carbons (Fsp3) is 0.0175. The molecule has 0 unspecified atom stereocenters. The van der Waals surface area contributed by atoms with Crippen molar-refractivity contribution in [1.82, 2.24) is 0 Å². The molecule has 0 N–H and O–H groups in total. The van der Waals surface area contributed by atoms with E-state index in [1.54, 1.807) is 0 Å². The summed E-state index contributed by atoms with van der Waals surface area (Å²) in [5.41, 5.74) is 18.8. The van der Waals surface area contributed by atoms with Gasteiger partial charge in [0, 0.05) is 21.7 Å². The first kappa shape index (κ1) is 31.4. The molecule has 1 aliphatic heterocycles. The molecule has 0 fully saturated rings. The van der Waals surface area contributed by atoms with Crippen molar-refractivity contribution in [1.29, 1.82) is 0 Å². The average molecular weight is 749 g/mol. The van der Waals surface area contributed by atoms with E-state index in [0.717, 1.165) is 39.0 Å². The van der Waals surface area contributed by atoms with Crippen molar-refractivity contribution in [3.8, 4) is 67.1 Å². The number of rotatable bonds is 2. The van der Waals surface area contributed by atoms with E-state index in [1.807, 2.05) is 6.07 Å². The van der Waals surface area contributed by atoms with Crippen molar-refractivity contribution < 1.29 is 9.15 Å². The first-order valence-corrected chi connectivity index (χ1v) is 20.4. The van der Waals surface area contributed by atoms with Gasteiger partial charge in [-0.05, 0) is 137 Å². The normalized spacial score (nSPS) is 13.7. The Morgan fingerprint density at radius 1 is 0.339 bits per heavy atom. The minimum atomic E-state index is -0.567. The Kier molecular flexibility index (Phi) is 5.99. The summed E-state index contributed by atoms with van der Waals surface area (Å²) in [5.74, 6) is 1.81. The summed E-state index contributed by atoms with van der Waals surface area (Å²) in [6.07, 6.45) is 0. The highest BCUT2D eigenvalue weighted by Gasteiger charge is 2.53. The van der Waals surface area contributed by atoms with Crippen LogP contribution in [-0.4, -0.2) is 0 Å². The van der Waals surface area contributed by atoms with Gasteiger partial charge in [-0.2, -0.15) is 0 Å². The van der Waals surface area contributed by atoms with E-state index in [-0.39, 0.29) is 0 Å². The van der Waals surface area contributed by atoms with Crippen LogP contribution in [0.4, 0.5) is 0 Å². The maximum atomic E-state index is 6.55. The number of benzene rings is 10. The van der Waals surface area contributed by atoms with Gasteiger partial charge >= 0.3 is 0 Å². The van der Waals surface area contributed by atoms with Crippen LogP contribution in [0.2, 0.25) is 0 Å². The predicted molar refractivity (Wildman–Crippen MR) is 241 cm³/mol. The van der Waals surface area contributed by atoms with Crippen molar-refractivity contribution in [2.45, 2.75) is 5.41 Å². The van der Waals surface area contributed by atoms with Crippen molar-refractivity contribution in [3.63, 3.8) is 0 Å². The zero-order chi connectivity index (χ0) is 38.4. The molecule has 0 bridgehead atoms. The van der Waals surface area contributed by atoms with Crippen LogP contribution in [0.15, 0.2) is 199 Å². The van der Waals surface area contributed by atoms with Gasteiger partial charge in [0.25, 0.3) is 0 Å². The third kappa shape index (κ3) is 4.00. The highest BCUT2D eigenvalue weighted by atomic mass is 16.5. The second kappa shape index (κ2) is 11.2. The quantitative estimate of drug-likeness (QED) is 0.176. The van der Waals surface area contributed by atoms with E-state index in [1.165, 1.54) is 93.9 Å². The van der Waals surface area contributed by atoms with Crippen molar-refractivity contribution in [2.24, 2.45) is 0 Å². The zero-order valence-electron chi connectivity index (χ0n) is 31.8. The lowest BCUT2D eigenvalue weighted by atomic mass is 9.68. The molecule has 10 aromatic carbocycles. The molecular formula is C57H32O2. The van der Waals surface area contributed by atoms with Gasteiger partial charge in [0.1, 0.15) is 22.7 Å². The van der Waals surface area contributed by atoms with Crippen LogP contribution in [0.3, 0.4) is 0 Å². The fourth-order valence-corrected chi connectivity index (χ4v) is 11.1. The number of fused-ring (bicyclic) bond motifs is 17. The second-order valence-corrected chi connectivity index (χ2v) is 16.3. The van der Waals surface area contributed by atoms with Crippen molar-refractivity contribution in [2.75, 3.05) is 0 Å². The molecule has 0 saturated carbocycles. The predicted octanol–water partition coefficient (Wildman–Crippen LogP) is 15.3. The number of ether oxygens (including phenoxy) is 1. The van der Waals surface area contributed by atoms with Crippen molar-refractivity contribution >= 4 is 43.5 Å². The fourth-order valence-electron chi connectivity index (χ4n) is 11.1. The van der Waals surface area contributed by atoms with Gasteiger partial charge in [0.2, 0.25) is 0 Å². The lowest BCUT2D eigenvalue weighted by Crippen LogP contribution is -2.26. The maximum Gasteiger partial charge on any atom is 0.135 e. The Bertz CT molecular complexity index is 3610. The highest BCUT2D eigenvalue weighted by molar-refractivity contribution is 6.12. The van der Waals surface area contributed by atoms with Gasteiger partial charge < -0.3 is 9.15 Å². The lowest BCUT2D eigenvalue weighted by Gasteiger charge is -2.33. The molecule has 14 rings (SSSR count). The summed E-state index contributed by atoms with van der Waals surface area (Å²) in [6.45, 7) is 0. The largest absolute Gasteiger partial charge is 0.456 e. The topological polar surface area (TPSA) is 22.4 Å². The smallest absolute Gasteiger partial charge is 0.135 e. The molecular weight excluding hydrogens is 717 g/mol. The summed E-state index contributed by atoms with van der Waals surface area (Å²) in [7, 11) is 0. The first-order valence-electron chi connectivity index (χ1n) is 20.4. The molecule has 1 aromatic heterocycles. The number of hydrogen-bond acceptors (Lipinski definition) is 2. The van der Waals surface area contributed by atoms with E-state index < -0.39 is 5.41 Å². The molecule has 0 radical (unpaired) electrons. The van der Waals surface area contributed by atoms with Gasteiger partial charge in [0.05, 0.1) is 5.41 Å². The second-order valence-electron chi connectivity index (χ2n) is 16.3. The van der Waals surface area contributed by atoms with Crippen LogP contribution in [0.5, 0.6) is 11.5 Å².